The van der Waals surface area contributed by atoms with Crippen molar-refractivity contribution in [3.8, 4) is 0 Å². The molecule has 0 aliphatic carbocycles. The van der Waals surface area contributed by atoms with Gasteiger partial charge in [0, 0.05) is 6.20 Å². The van der Waals surface area contributed by atoms with E-state index in [0.717, 1.165) is 0 Å². The molecule has 0 amide bonds. The number of amidine groups is 1. The molecule has 6 N–H and O–H groups in total. The number of nitrogens with one attached hydrogen (secondary N) is 1. The van der Waals surface area contributed by atoms with Gasteiger partial charge in [-0.25, -0.2) is 4.99 Å². The fourth-order valence-corrected chi connectivity index (χ4v) is 1.63. The second-order valence-electron chi connectivity index (χ2n) is 3.90. The molecule has 2 aliphatic rings. The molecule has 2 heterocycles. The minimum atomic E-state index is -2.40. The van der Waals surface area contributed by atoms with E-state index in [-0.39, 0.29) is 5.84 Å². The quantitative estimate of drug-likeness (QED) is 0.299. The molecule has 2 aliphatic heterocycles. The summed E-state index contributed by atoms with van der Waals surface area (Å²) in [7, 11) is 0. The Labute approximate surface area is 96.5 Å². The first-order valence-corrected chi connectivity index (χ1v) is 5.06. The molecule has 5 atom stereocenters. The van der Waals surface area contributed by atoms with Gasteiger partial charge in [-0.2, -0.15) is 0 Å². The summed E-state index contributed by atoms with van der Waals surface area (Å²) in [5.41, 5.74) is 0. The molecule has 0 aromatic carbocycles. The van der Waals surface area contributed by atoms with Crippen molar-refractivity contribution in [2.45, 2.75) is 30.3 Å². The predicted octanol–water partition coefficient (Wildman–Crippen LogP) is -3.38. The smallest absolute Gasteiger partial charge is 0.299 e. The van der Waals surface area contributed by atoms with Gasteiger partial charge in [0.1, 0.15) is 24.1 Å². The Morgan fingerprint density at radius 2 is 2.00 bits per heavy atom. The van der Waals surface area contributed by atoms with E-state index in [0.29, 0.717) is 0 Å². The zero-order valence-corrected chi connectivity index (χ0v) is 8.76. The Balaban J connectivity index is 2.23. The Hall–Kier alpha value is -1.03. The summed E-state index contributed by atoms with van der Waals surface area (Å²) in [6, 6.07) is 0. The Morgan fingerprint density at radius 3 is 2.47 bits per heavy atom. The summed E-state index contributed by atoms with van der Waals surface area (Å²) in [5.74, 6) is -2.15. The number of aliphatic hydroxyl groups excluding tert-OH is 4. The van der Waals surface area contributed by atoms with Crippen LogP contribution < -0.4 is 5.32 Å². The molecule has 0 radical (unpaired) electrons. The van der Waals surface area contributed by atoms with E-state index in [1.54, 1.807) is 6.20 Å². The summed E-state index contributed by atoms with van der Waals surface area (Å²) >= 11 is 0. The van der Waals surface area contributed by atoms with Crippen LogP contribution in [0.15, 0.2) is 17.3 Å². The van der Waals surface area contributed by atoms with Crippen LogP contribution in [0, 0.1) is 0 Å². The van der Waals surface area contributed by atoms with E-state index in [1.165, 1.54) is 6.08 Å². The largest absolute Gasteiger partial charge is 0.394 e. The third kappa shape index (κ3) is 2.06. The molecule has 8 heteroatoms. The molecule has 0 aromatic rings. The molecular formula is C9H14N2O6. The molecule has 8 nitrogen and oxygen atoms in total. The zero-order chi connectivity index (χ0) is 12.6. The number of aliphatic hydroxyl groups is 5. The van der Waals surface area contributed by atoms with Crippen LogP contribution in [0.25, 0.3) is 0 Å². The lowest BCUT2D eigenvalue weighted by Crippen LogP contribution is -2.64. The normalized spacial score (nSPS) is 47.7. The monoisotopic (exact) mass is 246 g/mol. The molecule has 1 unspecified atom stereocenters. The van der Waals surface area contributed by atoms with Gasteiger partial charge >= 0.3 is 0 Å². The van der Waals surface area contributed by atoms with Crippen molar-refractivity contribution >= 4 is 5.84 Å². The van der Waals surface area contributed by atoms with Crippen molar-refractivity contribution in [3.63, 3.8) is 0 Å². The highest BCUT2D eigenvalue weighted by molar-refractivity contribution is 5.98. The summed E-state index contributed by atoms with van der Waals surface area (Å²) in [4.78, 5) is 3.66. The van der Waals surface area contributed by atoms with Gasteiger partial charge in [-0.1, -0.05) is 0 Å². The maximum absolute atomic E-state index is 9.95. The highest BCUT2D eigenvalue weighted by Gasteiger charge is 2.53. The van der Waals surface area contributed by atoms with Crippen molar-refractivity contribution in [2.24, 2.45) is 4.99 Å². The molecule has 0 aromatic heterocycles. The molecule has 0 bridgehead atoms. The van der Waals surface area contributed by atoms with E-state index in [1.807, 2.05) is 0 Å². The molecule has 0 saturated carbocycles. The standard InChI is InChI=1S/C9H14N2O6/c12-3-4-6(13)7(14)8(15)9(16,17-4)11-5-1-2-10-5/h1-2,4,6-8,12-16H,3H2,(H,10,11)/t4-,6-,7+,8-,9?/m1/s1. The minimum Gasteiger partial charge on any atom is -0.394 e. The average molecular weight is 246 g/mol. The predicted molar refractivity (Wildman–Crippen MR) is 54.6 cm³/mol. The van der Waals surface area contributed by atoms with Gasteiger partial charge in [0.25, 0.3) is 5.91 Å². The zero-order valence-electron chi connectivity index (χ0n) is 8.76. The van der Waals surface area contributed by atoms with Gasteiger partial charge in [0.05, 0.1) is 6.61 Å². The molecule has 0 spiro atoms. The maximum atomic E-state index is 9.95. The molecular weight excluding hydrogens is 232 g/mol. The number of rotatable bonds is 2. The van der Waals surface area contributed by atoms with E-state index in [9.17, 15) is 20.4 Å². The van der Waals surface area contributed by atoms with Crippen LogP contribution in [0.5, 0.6) is 0 Å². The third-order valence-electron chi connectivity index (χ3n) is 2.70. The molecule has 2 rings (SSSR count). The van der Waals surface area contributed by atoms with Crippen LogP contribution in [0.1, 0.15) is 0 Å². The van der Waals surface area contributed by atoms with Crippen molar-refractivity contribution in [3.05, 3.63) is 12.3 Å². The second kappa shape index (κ2) is 4.33. The number of ether oxygens (including phenoxy) is 1. The Bertz CT molecular complexity index is 357. The fraction of sp³-hybridized carbons (Fsp3) is 0.667. The molecule has 17 heavy (non-hydrogen) atoms. The van der Waals surface area contributed by atoms with Crippen LogP contribution in [-0.2, 0) is 4.74 Å². The van der Waals surface area contributed by atoms with Gasteiger partial charge in [-0.3, -0.25) is 0 Å². The van der Waals surface area contributed by atoms with Gasteiger partial charge in [-0.15, -0.1) is 0 Å². The Morgan fingerprint density at radius 1 is 1.35 bits per heavy atom. The van der Waals surface area contributed by atoms with E-state index in [2.05, 4.69) is 10.3 Å². The van der Waals surface area contributed by atoms with Crippen LogP contribution >= 0.6 is 0 Å². The lowest BCUT2D eigenvalue weighted by Gasteiger charge is -2.43. The first kappa shape index (κ1) is 12.4. The van der Waals surface area contributed by atoms with Crippen LogP contribution in [-0.4, -0.2) is 68.3 Å². The van der Waals surface area contributed by atoms with Crippen LogP contribution in [0.2, 0.25) is 0 Å². The van der Waals surface area contributed by atoms with Gasteiger partial charge in [0.15, 0.2) is 6.10 Å². The molecule has 96 valence electrons. The Kier molecular flexibility index (Phi) is 3.17. The van der Waals surface area contributed by atoms with Gasteiger partial charge < -0.3 is 35.6 Å². The summed E-state index contributed by atoms with van der Waals surface area (Å²) in [5, 5.41) is 50.1. The number of nitrogens with zero attached hydrogens (tertiary/aromatic N) is 1. The molecule has 1 fully saturated rings. The van der Waals surface area contributed by atoms with Crippen LogP contribution in [0.3, 0.4) is 0 Å². The summed E-state index contributed by atoms with van der Waals surface area (Å²) < 4.78 is 4.91. The third-order valence-corrected chi connectivity index (χ3v) is 2.70. The van der Waals surface area contributed by atoms with Crippen LogP contribution in [0.4, 0.5) is 0 Å². The van der Waals surface area contributed by atoms with Crippen molar-refractivity contribution < 1.29 is 30.3 Å². The van der Waals surface area contributed by atoms with Crippen molar-refractivity contribution in [1.82, 2.24) is 5.32 Å². The van der Waals surface area contributed by atoms with Gasteiger partial charge in [-0.05, 0) is 6.08 Å². The topological polar surface area (TPSA) is 135 Å². The molecule has 1 saturated heterocycles. The van der Waals surface area contributed by atoms with E-state index in [4.69, 9.17) is 9.84 Å². The number of hydrogen-bond acceptors (Lipinski definition) is 7. The second-order valence-corrected chi connectivity index (χ2v) is 3.90. The number of aliphatic imine (C=N–C) groups is 1. The van der Waals surface area contributed by atoms with E-state index >= 15 is 0 Å². The van der Waals surface area contributed by atoms with Crippen molar-refractivity contribution in [2.75, 3.05) is 6.61 Å². The highest BCUT2D eigenvalue weighted by atomic mass is 16.7. The lowest BCUT2D eigenvalue weighted by molar-refractivity contribution is -0.345. The highest BCUT2D eigenvalue weighted by Crippen LogP contribution is 2.29. The fourth-order valence-electron chi connectivity index (χ4n) is 1.63. The van der Waals surface area contributed by atoms with E-state index < -0.39 is 36.9 Å². The van der Waals surface area contributed by atoms with Gasteiger partial charge in [0.2, 0.25) is 0 Å². The maximum Gasteiger partial charge on any atom is 0.299 e. The summed E-state index contributed by atoms with van der Waals surface area (Å²) in [6.07, 6.45) is -3.15. The average Bonchev–Trinajstić information content (AvgIpc) is 2.26. The minimum absolute atomic E-state index is 0.256. The number of hydrogen-bond donors (Lipinski definition) is 6. The SMILES string of the molecule is OC[C@H]1OC(O)(/N=C2\C=CN2)[C@H](O)[C@@H](O)[C@@H]1O. The summed E-state index contributed by atoms with van der Waals surface area (Å²) in [6.45, 7) is -0.624. The lowest BCUT2D eigenvalue weighted by atomic mass is 9.97. The first-order valence-electron chi connectivity index (χ1n) is 5.06. The first-order chi connectivity index (χ1) is 7.98. The van der Waals surface area contributed by atoms with Crippen molar-refractivity contribution in [1.29, 1.82) is 0 Å².